The van der Waals surface area contributed by atoms with E-state index < -0.39 is 5.82 Å². The third-order valence-electron chi connectivity index (χ3n) is 2.82. The molecule has 20 heavy (non-hydrogen) atoms. The maximum atomic E-state index is 13.1. The summed E-state index contributed by atoms with van der Waals surface area (Å²) in [6.45, 7) is 0. The number of aromatic nitrogens is 2. The monoisotopic (exact) mass is 289 g/mol. The molecular formula is C14H9ClFN3O. The van der Waals surface area contributed by atoms with E-state index >= 15 is 0 Å². The molecule has 0 aliphatic heterocycles. The molecule has 0 saturated heterocycles. The van der Waals surface area contributed by atoms with E-state index in [0.29, 0.717) is 22.6 Å². The smallest absolute Gasteiger partial charge is 0.180 e. The molecule has 100 valence electrons. The quantitative estimate of drug-likeness (QED) is 0.780. The SMILES string of the molecule is Nc1noc(-c2ccc(F)cc2Cl)c1-c1ccccn1. The van der Waals surface area contributed by atoms with E-state index in [4.69, 9.17) is 21.9 Å². The molecule has 0 aliphatic carbocycles. The highest BCUT2D eigenvalue weighted by molar-refractivity contribution is 6.33. The van der Waals surface area contributed by atoms with Crippen molar-refractivity contribution in [1.82, 2.24) is 10.1 Å². The largest absolute Gasteiger partial charge is 0.380 e. The summed E-state index contributed by atoms with van der Waals surface area (Å²) in [6, 6.07) is 9.41. The van der Waals surface area contributed by atoms with Crippen molar-refractivity contribution in [2.75, 3.05) is 5.73 Å². The number of halogens is 2. The second kappa shape index (κ2) is 4.94. The fraction of sp³-hybridized carbons (Fsp3) is 0. The Morgan fingerprint density at radius 3 is 2.75 bits per heavy atom. The maximum absolute atomic E-state index is 13.1. The molecule has 2 N–H and O–H groups in total. The molecule has 3 rings (SSSR count). The van der Waals surface area contributed by atoms with Crippen molar-refractivity contribution in [2.45, 2.75) is 0 Å². The predicted molar refractivity (Wildman–Crippen MR) is 74.6 cm³/mol. The number of pyridine rings is 1. The third-order valence-corrected chi connectivity index (χ3v) is 3.13. The second-order valence-corrected chi connectivity index (χ2v) is 4.52. The zero-order valence-corrected chi connectivity index (χ0v) is 10.9. The molecule has 3 aromatic rings. The van der Waals surface area contributed by atoms with Gasteiger partial charge in [-0.25, -0.2) is 4.39 Å². The lowest BCUT2D eigenvalue weighted by molar-refractivity contribution is 0.436. The highest BCUT2D eigenvalue weighted by atomic mass is 35.5. The van der Waals surface area contributed by atoms with Gasteiger partial charge in [0.25, 0.3) is 0 Å². The highest BCUT2D eigenvalue weighted by Crippen LogP contribution is 2.38. The van der Waals surface area contributed by atoms with E-state index in [1.54, 1.807) is 18.3 Å². The topological polar surface area (TPSA) is 64.9 Å². The second-order valence-electron chi connectivity index (χ2n) is 4.11. The van der Waals surface area contributed by atoms with Gasteiger partial charge >= 0.3 is 0 Å². The molecule has 0 fully saturated rings. The molecule has 0 spiro atoms. The molecule has 6 heteroatoms. The number of hydrogen-bond acceptors (Lipinski definition) is 4. The molecule has 0 radical (unpaired) electrons. The maximum Gasteiger partial charge on any atom is 0.180 e. The van der Waals surface area contributed by atoms with E-state index in [1.165, 1.54) is 18.2 Å². The summed E-state index contributed by atoms with van der Waals surface area (Å²) in [7, 11) is 0. The minimum Gasteiger partial charge on any atom is -0.380 e. The molecule has 0 aliphatic rings. The van der Waals surface area contributed by atoms with Crippen LogP contribution in [0.3, 0.4) is 0 Å². The number of nitrogen functional groups attached to an aromatic ring is 1. The number of nitrogens with zero attached hydrogens (tertiary/aromatic N) is 2. The summed E-state index contributed by atoms with van der Waals surface area (Å²) in [4.78, 5) is 4.22. The molecule has 0 saturated carbocycles. The van der Waals surface area contributed by atoms with Crippen LogP contribution < -0.4 is 5.73 Å². The molecule has 2 heterocycles. The first-order valence-electron chi connectivity index (χ1n) is 5.79. The Balaban J connectivity index is 2.21. The predicted octanol–water partition coefficient (Wildman–Crippen LogP) is 3.78. The summed E-state index contributed by atoms with van der Waals surface area (Å²) >= 11 is 6.04. The number of benzene rings is 1. The van der Waals surface area contributed by atoms with Gasteiger partial charge in [0.15, 0.2) is 11.6 Å². The molecule has 4 nitrogen and oxygen atoms in total. The molecular weight excluding hydrogens is 281 g/mol. The number of rotatable bonds is 2. The van der Waals surface area contributed by atoms with Gasteiger partial charge < -0.3 is 10.3 Å². The zero-order chi connectivity index (χ0) is 14.1. The normalized spacial score (nSPS) is 10.7. The van der Waals surface area contributed by atoms with Crippen LogP contribution in [0.25, 0.3) is 22.6 Å². The summed E-state index contributed by atoms with van der Waals surface area (Å²) in [5.41, 5.74) is 7.49. The number of anilines is 1. The molecule has 1 aromatic carbocycles. The summed E-state index contributed by atoms with van der Waals surface area (Å²) in [6.07, 6.45) is 1.64. The van der Waals surface area contributed by atoms with Gasteiger partial charge in [-0.05, 0) is 30.3 Å². The Morgan fingerprint density at radius 1 is 1.20 bits per heavy atom. The summed E-state index contributed by atoms with van der Waals surface area (Å²) in [5.74, 6) is 0.149. The van der Waals surface area contributed by atoms with Gasteiger partial charge in [0.1, 0.15) is 5.82 Å². The Kier molecular flexibility index (Phi) is 3.12. The van der Waals surface area contributed by atoms with Gasteiger partial charge in [-0.15, -0.1) is 0 Å². The Hall–Kier alpha value is -2.40. The van der Waals surface area contributed by atoms with Crippen molar-refractivity contribution < 1.29 is 8.91 Å². The Bertz CT molecular complexity index is 758. The fourth-order valence-electron chi connectivity index (χ4n) is 1.92. The highest BCUT2D eigenvalue weighted by Gasteiger charge is 2.20. The fourth-order valence-corrected chi connectivity index (χ4v) is 2.17. The average Bonchev–Trinajstić information content (AvgIpc) is 2.81. The zero-order valence-electron chi connectivity index (χ0n) is 10.2. The lowest BCUT2D eigenvalue weighted by Crippen LogP contribution is -1.91. The van der Waals surface area contributed by atoms with E-state index in [2.05, 4.69) is 10.1 Å². The van der Waals surface area contributed by atoms with E-state index in [-0.39, 0.29) is 10.8 Å². The van der Waals surface area contributed by atoms with Crippen LogP contribution in [0, 0.1) is 5.82 Å². The number of hydrogen-bond donors (Lipinski definition) is 1. The van der Waals surface area contributed by atoms with Crippen LogP contribution >= 0.6 is 11.6 Å². The van der Waals surface area contributed by atoms with Crippen LogP contribution in [0.2, 0.25) is 5.02 Å². The van der Waals surface area contributed by atoms with Crippen molar-refractivity contribution in [3.05, 3.63) is 53.4 Å². The summed E-state index contributed by atoms with van der Waals surface area (Å²) in [5, 5.41) is 3.96. The van der Waals surface area contributed by atoms with E-state index in [1.807, 2.05) is 6.07 Å². The Labute approximate surface area is 119 Å². The van der Waals surface area contributed by atoms with Crippen LogP contribution in [0.5, 0.6) is 0 Å². The first-order chi connectivity index (χ1) is 9.66. The Morgan fingerprint density at radius 2 is 2.05 bits per heavy atom. The minimum atomic E-state index is -0.425. The molecule has 0 unspecified atom stereocenters. The van der Waals surface area contributed by atoms with E-state index in [0.717, 1.165) is 0 Å². The minimum absolute atomic E-state index is 0.207. The number of nitrogens with two attached hydrogens (primary N) is 1. The van der Waals surface area contributed by atoms with Crippen molar-refractivity contribution in [3.63, 3.8) is 0 Å². The molecule has 0 bridgehead atoms. The third kappa shape index (κ3) is 2.12. The van der Waals surface area contributed by atoms with Gasteiger partial charge in [-0.2, -0.15) is 0 Å². The van der Waals surface area contributed by atoms with Crippen LogP contribution in [0.4, 0.5) is 10.2 Å². The summed E-state index contributed by atoms with van der Waals surface area (Å²) < 4.78 is 18.4. The van der Waals surface area contributed by atoms with Gasteiger partial charge in [0.05, 0.1) is 16.3 Å². The van der Waals surface area contributed by atoms with Crippen LogP contribution in [0.1, 0.15) is 0 Å². The average molecular weight is 290 g/mol. The van der Waals surface area contributed by atoms with Crippen LogP contribution in [0.15, 0.2) is 47.1 Å². The van der Waals surface area contributed by atoms with Crippen LogP contribution in [-0.2, 0) is 0 Å². The van der Waals surface area contributed by atoms with Gasteiger partial charge in [0.2, 0.25) is 0 Å². The van der Waals surface area contributed by atoms with Crippen molar-refractivity contribution >= 4 is 17.4 Å². The molecule has 0 amide bonds. The first kappa shape index (κ1) is 12.6. The lowest BCUT2D eigenvalue weighted by Gasteiger charge is -2.04. The van der Waals surface area contributed by atoms with Crippen molar-refractivity contribution in [1.29, 1.82) is 0 Å². The van der Waals surface area contributed by atoms with Gasteiger partial charge in [-0.1, -0.05) is 22.8 Å². The molecule has 0 atom stereocenters. The van der Waals surface area contributed by atoms with Crippen molar-refractivity contribution in [2.24, 2.45) is 0 Å². The van der Waals surface area contributed by atoms with Crippen molar-refractivity contribution in [3.8, 4) is 22.6 Å². The van der Waals surface area contributed by atoms with Gasteiger partial charge in [-0.3, -0.25) is 4.98 Å². The lowest BCUT2D eigenvalue weighted by atomic mass is 10.1. The standard InChI is InChI=1S/C14H9ClFN3O/c15-10-7-8(16)4-5-9(10)13-12(14(17)19-20-13)11-3-1-2-6-18-11/h1-7H,(H2,17,19). The molecule has 2 aromatic heterocycles. The first-order valence-corrected chi connectivity index (χ1v) is 6.16. The van der Waals surface area contributed by atoms with E-state index in [9.17, 15) is 4.39 Å². The van der Waals surface area contributed by atoms with Crippen LogP contribution in [-0.4, -0.2) is 10.1 Å². The van der Waals surface area contributed by atoms with Gasteiger partial charge in [0, 0.05) is 11.8 Å².